The minimum absolute atomic E-state index is 0.132. The number of rotatable bonds is 10. The minimum atomic E-state index is -1.20. The van der Waals surface area contributed by atoms with Crippen molar-refractivity contribution in [2.45, 2.75) is 58.2 Å². The number of hydrogen-bond donors (Lipinski definition) is 4. The zero-order valence-electron chi connectivity index (χ0n) is 25.0. The molecule has 0 unspecified atom stereocenters. The molecule has 14 heteroatoms. The molecule has 0 fully saturated rings. The van der Waals surface area contributed by atoms with Gasteiger partial charge in [-0.25, -0.2) is 10.2 Å². The average molecular weight is 608 g/mol. The lowest BCUT2D eigenvalue weighted by molar-refractivity contribution is -0.155. The number of benzene rings is 2. The molecule has 2 aromatic rings. The Labute approximate surface area is 255 Å². The second-order valence-electron chi connectivity index (χ2n) is 10.9. The van der Waals surface area contributed by atoms with Gasteiger partial charge in [-0.15, -0.1) is 0 Å². The molecule has 2 atom stereocenters. The van der Waals surface area contributed by atoms with E-state index in [2.05, 4.69) is 15.7 Å². The topological polar surface area (TPSA) is 193 Å². The molecule has 1 aliphatic heterocycles. The highest BCUT2D eigenvalue weighted by Gasteiger charge is 2.37. The van der Waals surface area contributed by atoms with Crippen molar-refractivity contribution in [2.24, 2.45) is 10.8 Å². The Morgan fingerprint density at radius 1 is 1.05 bits per heavy atom. The predicted molar refractivity (Wildman–Crippen MR) is 163 cm³/mol. The van der Waals surface area contributed by atoms with E-state index in [0.717, 1.165) is 6.21 Å². The van der Waals surface area contributed by atoms with Gasteiger partial charge >= 0.3 is 12.0 Å². The number of carbonyl (C=O) groups excluding carboxylic acids is 6. The van der Waals surface area contributed by atoms with E-state index >= 15 is 0 Å². The standard InChI is InChI=1S/C30H37N7O7/c1-5-25(39)36-17-21(34-27(41)19-11-7-6-8-12-19)28(42)37(23-14-10-9-13-22(23)36)18-24(38)33-20(16-32-35-29(31)43)15-26(40)44-30(2,3)4/h6-14,16,20-21H,5,15,17-18H2,1-4H3,(H,33,38)(H,34,41)(H3,31,35,43)/b32-16-/t20-,21-/m0/s1. The van der Waals surface area contributed by atoms with Crippen LogP contribution < -0.4 is 31.6 Å². The summed E-state index contributed by atoms with van der Waals surface area (Å²) in [4.78, 5) is 79.6. The number of urea groups is 1. The molecule has 234 valence electrons. The third-order valence-electron chi connectivity index (χ3n) is 6.22. The number of nitrogens with zero attached hydrogens (tertiary/aromatic N) is 3. The summed E-state index contributed by atoms with van der Waals surface area (Å²) in [6, 6.07) is 11.7. The molecule has 0 aromatic heterocycles. The maximum absolute atomic E-state index is 14.0. The minimum Gasteiger partial charge on any atom is -0.460 e. The summed E-state index contributed by atoms with van der Waals surface area (Å²) in [5.74, 6) is -2.79. The van der Waals surface area contributed by atoms with Crippen molar-refractivity contribution in [3.05, 3.63) is 60.2 Å². The number of hydrazone groups is 1. The number of primary amides is 1. The van der Waals surface area contributed by atoms with Gasteiger partial charge in [0.25, 0.3) is 11.8 Å². The van der Waals surface area contributed by atoms with Crippen LogP contribution in [0.3, 0.4) is 0 Å². The summed E-state index contributed by atoms with van der Waals surface area (Å²) < 4.78 is 5.33. The van der Waals surface area contributed by atoms with Gasteiger partial charge in [-0.1, -0.05) is 37.3 Å². The lowest BCUT2D eigenvalue weighted by Gasteiger charge is -2.26. The number of para-hydroxylation sites is 2. The van der Waals surface area contributed by atoms with Crippen molar-refractivity contribution < 1.29 is 33.5 Å². The molecule has 6 amide bonds. The van der Waals surface area contributed by atoms with Crippen molar-refractivity contribution in [3.63, 3.8) is 0 Å². The SMILES string of the molecule is CCC(=O)N1C[C@H](NC(=O)c2ccccc2)C(=O)N(CC(=O)N[C@H](/C=N\NC(N)=O)CC(=O)OC(C)(C)C)c2ccccc21. The van der Waals surface area contributed by atoms with E-state index in [4.69, 9.17) is 10.5 Å². The van der Waals surface area contributed by atoms with E-state index in [0.29, 0.717) is 11.3 Å². The quantitative estimate of drug-likeness (QED) is 0.178. The summed E-state index contributed by atoms with van der Waals surface area (Å²) in [6.45, 7) is 6.03. The van der Waals surface area contributed by atoms with E-state index < -0.39 is 54.0 Å². The summed E-state index contributed by atoms with van der Waals surface area (Å²) in [6.07, 6.45) is 0.898. The summed E-state index contributed by atoms with van der Waals surface area (Å²) in [5, 5.41) is 8.97. The van der Waals surface area contributed by atoms with Crippen LogP contribution in [0.15, 0.2) is 59.7 Å². The molecular weight excluding hydrogens is 570 g/mol. The first-order chi connectivity index (χ1) is 20.8. The molecule has 1 aliphatic rings. The number of anilines is 2. The van der Waals surface area contributed by atoms with Gasteiger partial charge in [0.15, 0.2) is 0 Å². The van der Waals surface area contributed by atoms with E-state index in [1.165, 1.54) is 9.80 Å². The Kier molecular flexibility index (Phi) is 11.1. The van der Waals surface area contributed by atoms with Crippen LogP contribution in [0, 0.1) is 0 Å². The zero-order valence-corrected chi connectivity index (χ0v) is 25.0. The van der Waals surface area contributed by atoms with Crippen LogP contribution >= 0.6 is 0 Å². The molecule has 0 aliphatic carbocycles. The van der Waals surface area contributed by atoms with Crippen molar-refractivity contribution >= 4 is 53.2 Å². The van der Waals surface area contributed by atoms with Gasteiger partial charge in [-0.05, 0) is 45.0 Å². The first kappa shape index (κ1) is 33.2. The van der Waals surface area contributed by atoms with Gasteiger partial charge < -0.3 is 26.0 Å². The first-order valence-electron chi connectivity index (χ1n) is 14.0. The molecule has 5 N–H and O–H groups in total. The van der Waals surface area contributed by atoms with Crippen molar-refractivity contribution in [1.29, 1.82) is 0 Å². The number of nitrogens with two attached hydrogens (primary N) is 1. The Bertz CT molecular complexity index is 1420. The maximum atomic E-state index is 14.0. The number of nitrogens with one attached hydrogen (secondary N) is 3. The van der Waals surface area contributed by atoms with Gasteiger partial charge in [0, 0.05) is 18.2 Å². The lowest BCUT2D eigenvalue weighted by Crippen LogP contribution is -2.54. The number of fused-ring (bicyclic) bond motifs is 1. The molecule has 0 radical (unpaired) electrons. The smallest absolute Gasteiger partial charge is 0.332 e. The summed E-state index contributed by atoms with van der Waals surface area (Å²) in [5.41, 5.74) is 7.23. The van der Waals surface area contributed by atoms with Gasteiger partial charge in [-0.2, -0.15) is 5.10 Å². The summed E-state index contributed by atoms with van der Waals surface area (Å²) in [7, 11) is 0. The number of esters is 1. The third kappa shape index (κ3) is 9.37. The fourth-order valence-electron chi connectivity index (χ4n) is 4.41. The summed E-state index contributed by atoms with van der Waals surface area (Å²) >= 11 is 0. The van der Waals surface area contributed by atoms with Gasteiger partial charge in [0.05, 0.1) is 30.4 Å². The van der Waals surface area contributed by atoms with E-state index in [1.807, 2.05) is 5.43 Å². The number of hydrogen-bond acceptors (Lipinski definition) is 8. The Balaban J connectivity index is 1.92. The van der Waals surface area contributed by atoms with Crippen LogP contribution in [0.2, 0.25) is 0 Å². The molecule has 0 bridgehead atoms. The highest BCUT2D eigenvalue weighted by Crippen LogP contribution is 2.33. The van der Waals surface area contributed by atoms with Crippen LogP contribution in [0.1, 0.15) is 50.9 Å². The van der Waals surface area contributed by atoms with Crippen molar-refractivity contribution in [2.75, 3.05) is 22.9 Å². The van der Waals surface area contributed by atoms with Crippen LogP contribution in [-0.4, -0.2) is 72.6 Å². The Hall–Kier alpha value is -5.27. The van der Waals surface area contributed by atoms with Crippen LogP contribution in [0.4, 0.5) is 16.2 Å². The molecule has 14 nitrogen and oxygen atoms in total. The second-order valence-corrected chi connectivity index (χ2v) is 10.9. The highest BCUT2D eigenvalue weighted by atomic mass is 16.6. The fraction of sp³-hybridized carbons (Fsp3) is 0.367. The number of amides is 6. The van der Waals surface area contributed by atoms with Crippen molar-refractivity contribution in [3.8, 4) is 0 Å². The second kappa shape index (κ2) is 14.8. The molecule has 3 rings (SSSR count). The van der Waals surface area contributed by atoms with Gasteiger partial charge in [0.2, 0.25) is 11.8 Å². The monoisotopic (exact) mass is 607 g/mol. The number of ether oxygens (including phenoxy) is 1. The maximum Gasteiger partial charge on any atom is 0.332 e. The predicted octanol–water partition coefficient (Wildman–Crippen LogP) is 1.45. The average Bonchev–Trinajstić information content (AvgIpc) is 3.06. The van der Waals surface area contributed by atoms with Crippen LogP contribution in [-0.2, 0) is 23.9 Å². The fourth-order valence-corrected chi connectivity index (χ4v) is 4.41. The van der Waals surface area contributed by atoms with E-state index in [9.17, 15) is 28.8 Å². The molecular formula is C30H37N7O7. The molecule has 1 heterocycles. The van der Waals surface area contributed by atoms with Gasteiger partial charge in [-0.3, -0.25) is 28.9 Å². The molecule has 0 saturated heterocycles. The lowest BCUT2D eigenvalue weighted by atomic mass is 10.1. The first-order valence-corrected chi connectivity index (χ1v) is 14.0. The normalized spacial score (nSPS) is 15.5. The van der Waals surface area contributed by atoms with Crippen LogP contribution in [0.25, 0.3) is 0 Å². The number of carbonyl (C=O) groups is 6. The van der Waals surface area contributed by atoms with Gasteiger partial charge in [0.1, 0.15) is 18.2 Å². The van der Waals surface area contributed by atoms with E-state index in [1.54, 1.807) is 82.3 Å². The molecule has 44 heavy (non-hydrogen) atoms. The van der Waals surface area contributed by atoms with E-state index in [-0.39, 0.29) is 31.0 Å². The molecule has 0 spiro atoms. The largest absolute Gasteiger partial charge is 0.460 e. The highest BCUT2D eigenvalue weighted by molar-refractivity contribution is 6.11. The Morgan fingerprint density at radius 2 is 1.68 bits per heavy atom. The zero-order chi connectivity index (χ0) is 32.4. The molecule has 2 aromatic carbocycles. The molecule has 0 saturated carbocycles. The Morgan fingerprint density at radius 3 is 2.30 bits per heavy atom. The third-order valence-corrected chi connectivity index (χ3v) is 6.22. The van der Waals surface area contributed by atoms with Crippen molar-refractivity contribution in [1.82, 2.24) is 16.1 Å². The van der Waals surface area contributed by atoms with Crippen LogP contribution in [0.5, 0.6) is 0 Å².